The molecule has 0 radical (unpaired) electrons. The van der Waals surface area contributed by atoms with Crippen LogP contribution >= 0.6 is 11.8 Å². The highest BCUT2D eigenvalue weighted by atomic mass is 32.2. The van der Waals surface area contributed by atoms with Crippen LogP contribution in [0.3, 0.4) is 0 Å². The minimum absolute atomic E-state index is 0.454. The van der Waals surface area contributed by atoms with E-state index in [2.05, 4.69) is 10.2 Å². The molecule has 112 valence electrons. The highest BCUT2D eigenvalue weighted by Gasteiger charge is 2.03. The zero-order chi connectivity index (χ0) is 15.0. The molecule has 0 atom stereocenters. The zero-order valence-electron chi connectivity index (χ0n) is 12.1. The van der Waals surface area contributed by atoms with Crippen LogP contribution in [0.1, 0.15) is 18.4 Å². The molecule has 0 saturated carbocycles. The van der Waals surface area contributed by atoms with Crippen LogP contribution in [0.4, 0.5) is 0 Å². The molecule has 0 bridgehead atoms. The van der Waals surface area contributed by atoms with Gasteiger partial charge in [0.15, 0.2) is 0 Å². The summed E-state index contributed by atoms with van der Waals surface area (Å²) in [6, 6.07) is 4.00. The third-order valence-corrected chi connectivity index (χ3v) is 3.36. The third-order valence-electron chi connectivity index (χ3n) is 2.38. The molecule has 20 heavy (non-hydrogen) atoms. The van der Waals surface area contributed by atoms with Crippen LogP contribution in [0.15, 0.2) is 28.4 Å². The molecule has 0 unspecified atom stereocenters. The summed E-state index contributed by atoms with van der Waals surface area (Å²) in [5.74, 6) is 3.61. The summed E-state index contributed by atoms with van der Waals surface area (Å²) in [4.78, 5) is 11.8. The van der Waals surface area contributed by atoms with Crippen molar-refractivity contribution in [3.8, 4) is 0 Å². The zero-order valence-corrected chi connectivity index (χ0v) is 12.9. The summed E-state index contributed by atoms with van der Waals surface area (Å²) in [5.41, 5.74) is 0.571. The number of thioether (sulfide) groups is 1. The summed E-state index contributed by atoms with van der Waals surface area (Å²) in [6.07, 6.45) is 0.977. The number of hydrogen-bond acceptors (Lipinski definition) is 6. The third kappa shape index (κ3) is 7.20. The Morgan fingerprint density at radius 2 is 2.20 bits per heavy atom. The lowest BCUT2D eigenvalue weighted by molar-refractivity contribution is -0.403. The van der Waals surface area contributed by atoms with Crippen LogP contribution in [0.5, 0.6) is 0 Å². The molecular formula is C13H21N3O3S. The summed E-state index contributed by atoms with van der Waals surface area (Å²) < 4.78 is 5.69. The minimum Gasteiger partial charge on any atom is -0.464 e. The summed E-state index contributed by atoms with van der Waals surface area (Å²) >= 11 is 1.73. The number of nitro groups is 1. The van der Waals surface area contributed by atoms with Gasteiger partial charge in [-0.2, -0.15) is 11.8 Å². The Labute approximate surface area is 123 Å². The van der Waals surface area contributed by atoms with E-state index < -0.39 is 4.92 Å². The van der Waals surface area contributed by atoms with Gasteiger partial charge in [0.2, 0.25) is 0 Å². The van der Waals surface area contributed by atoms with Crippen molar-refractivity contribution in [1.29, 1.82) is 0 Å². The Morgan fingerprint density at radius 1 is 1.50 bits per heavy atom. The van der Waals surface area contributed by atoms with Crippen molar-refractivity contribution >= 4 is 11.8 Å². The van der Waals surface area contributed by atoms with E-state index in [1.54, 1.807) is 18.7 Å². The quantitative estimate of drug-likeness (QED) is 0.428. The van der Waals surface area contributed by atoms with E-state index in [0.717, 1.165) is 35.8 Å². The fraction of sp³-hybridized carbons (Fsp3) is 0.538. The van der Waals surface area contributed by atoms with Gasteiger partial charge in [-0.25, -0.2) is 0 Å². The highest BCUT2D eigenvalue weighted by molar-refractivity contribution is 7.98. The molecular weight excluding hydrogens is 278 g/mol. The molecule has 1 heterocycles. The van der Waals surface area contributed by atoms with Crippen molar-refractivity contribution in [2.45, 2.75) is 19.2 Å². The molecule has 0 spiro atoms. The molecule has 0 fully saturated rings. The SMILES string of the molecule is C/C(=C/[N+](=O)[O-])NCCSCc1ccc(CN(C)C)o1. The van der Waals surface area contributed by atoms with Gasteiger partial charge < -0.3 is 14.6 Å². The van der Waals surface area contributed by atoms with Gasteiger partial charge in [-0.1, -0.05) is 0 Å². The second kappa shape index (κ2) is 8.65. The van der Waals surface area contributed by atoms with Crippen LogP contribution in [-0.4, -0.2) is 36.2 Å². The van der Waals surface area contributed by atoms with E-state index in [4.69, 9.17) is 4.42 Å². The Bertz CT molecular complexity index is 457. The van der Waals surface area contributed by atoms with Gasteiger partial charge in [-0.05, 0) is 33.2 Å². The van der Waals surface area contributed by atoms with Gasteiger partial charge in [-0.15, -0.1) is 0 Å². The molecule has 0 aliphatic heterocycles. The topological polar surface area (TPSA) is 71.6 Å². The first-order chi connectivity index (χ1) is 9.47. The van der Waals surface area contributed by atoms with Crippen molar-refractivity contribution in [3.05, 3.63) is 45.7 Å². The summed E-state index contributed by atoms with van der Waals surface area (Å²) in [7, 11) is 4.01. The van der Waals surface area contributed by atoms with E-state index in [0.29, 0.717) is 12.2 Å². The van der Waals surface area contributed by atoms with Gasteiger partial charge in [0.25, 0.3) is 6.20 Å². The maximum atomic E-state index is 10.2. The van der Waals surface area contributed by atoms with E-state index in [-0.39, 0.29) is 0 Å². The maximum absolute atomic E-state index is 10.2. The predicted octanol–water partition coefficient (Wildman–Crippen LogP) is 2.30. The van der Waals surface area contributed by atoms with Crippen molar-refractivity contribution in [1.82, 2.24) is 10.2 Å². The molecule has 1 N–H and O–H groups in total. The number of nitrogens with one attached hydrogen (secondary N) is 1. The Morgan fingerprint density at radius 3 is 2.85 bits per heavy atom. The standard InChI is InChI=1S/C13H21N3O3S/c1-11(8-16(17)18)14-6-7-20-10-13-5-4-12(19-13)9-15(2)3/h4-5,8,14H,6-7,9-10H2,1-3H3/b11-8-. The van der Waals surface area contributed by atoms with Crippen LogP contribution in [0, 0.1) is 10.1 Å². The van der Waals surface area contributed by atoms with Crippen molar-refractivity contribution in [2.75, 3.05) is 26.4 Å². The van der Waals surface area contributed by atoms with Crippen molar-refractivity contribution in [3.63, 3.8) is 0 Å². The molecule has 0 aliphatic rings. The van der Waals surface area contributed by atoms with Gasteiger partial charge >= 0.3 is 0 Å². The maximum Gasteiger partial charge on any atom is 0.252 e. The molecule has 6 nitrogen and oxygen atoms in total. The number of nitrogens with zero attached hydrogens (tertiary/aromatic N) is 2. The average molecular weight is 299 g/mol. The lowest BCUT2D eigenvalue weighted by Crippen LogP contribution is -2.15. The monoisotopic (exact) mass is 299 g/mol. The predicted molar refractivity (Wildman–Crippen MR) is 81.0 cm³/mol. The molecule has 0 amide bonds. The molecule has 0 aromatic carbocycles. The second-order valence-electron chi connectivity index (χ2n) is 4.68. The average Bonchev–Trinajstić information content (AvgIpc) is 2.74. The molecule has 0 aliphatic carbocycles. The van der Waals surface area contributed by atoms with Crippen molar-refractivity contribution < 1.29 is 9.34 Å². The smallest absolute Gasteiger partial charge is 0.252 e. The molecule has 0 saturated heterocycles. The Kier molecular flexibility index (Phi) is 7.17. The number of rotatable bonds is 9. The fourth-order valence-electron chi connectivity index (χ4n) is 1.59. The number of hydrogen-bond donors (Lipinski definition) is 1. The Balaban J connectivity index is 2.18. The minimum atomic E-state index is -0.454. The van der Waals surface area contributed by atoms with E-state index in [1.165, 1.54) is 0 Å². The molecule has 7 heteroatoms. The van der Waals surface area contributed by atoms with Crippen molar-refractivity contribution in [2.24, 2.45) is 0 Å². The largest absolute Gasteiger partial charge is 0.464 e. The fourth-order valence-corrected chi connectivity index (χ4v) is 2.34. The van der Waals surface area contributed by atoms with Gasteiger partial charge in [0.05, 0.1) is 22.9 Å². The number of allylic oxidation sites excluding steroid dienone is 1. The van der Waals surface area contributed by atoms with E-state index in [9.17, 15) is 10.1 Å². The van der Waals surface area contributed by atoms with Crippen LogP contribution in [0.25, 0.3) is 0 Å². The number of furan rings is 1. The summed E-state index contributed by atoms with van der Waals surface area (Å²) in [5, 5.41) is 13.2. The van der Waals surface area contributed by atoms with Gasteiger partial charge in [0.1, 0.15) is 11.5 Å². The highest BCUT2D eigenvalue weighted by Crippen LogP contribution is 2.15. The lowest BCUT2D eigenvalue weighted by atomic mass is 10.4. The van der Waals surface area contributed by atoms with E-state index >= 15 is 0 Å². The summed E-state index contributed by atoms with van der Waals surface area (Å²) in [6.45, 7) is 3.19. The normalized spacial score (nSPS) is 11.9. The van der Waals surface area contributed by atoms with Crippen LogP contribution < -0.4 is 5.32 Å². The molecule has 1 aromatic rings. The first-order valence-corrected chi connectivity index (χ1v) is 7.48. The molecule has 1 rings (SSSR count). The lowest BCUT2D eigenvalue weighted by Gasteiger charge is -2.06. The first kappa shape index (κ1) is 16.6. The first-order valence-electron chi connectivity index (χ1n) is 6.33. The van der Waals surface area contributed by atoms with Gasteiger partial charge in [0, 0.05) is 12.3 Å². The van der Waals surface area contributed by atoms with Crippen LogP contribution in [0.2, 0.25) is 0 Å². The Hall–Kier alpha value is -1.47. The van der Waals surface area contributed by atoms with Gasteiger partial charge in [-0.3, -0.25) is 10.1 Å². The van der Waals surface area contributed by atoms with E-state index in [1.807, 2.05) is 26.2 Å². The molecule has 1 aromatic heterocycles. The van der Waals surface area contributed by atoms with Crippen LogP contribution in [-0.2, 0) is 12.3 Å². The second-order valence-corrected chi connectivity index (χ2v) is 5.79.